The molecule has 0 unspecified atom stereocenters. The molecule has 21 heteroatoms. The Bertz CT molecular complexity index is 4890. The molecule has 0 spiro atoms. The number of nitrogens with one attached hydrogen (secondary N) is 2. The van der Waals surface area contributed by atoms with Crippen molar-refractivity contribution in [1.82, 2.24) is 15.5 Å². The van der Waals surface area contributed by atoms with E-state index in [1.807, 2.05) is 129 Å². The summed E-state index contributed by atoms with van der Waals surface area (Å²) in [5.74, 6) is 0.258. The van der Waals surface area contributed by atoms with E-state index in [2.05, 4.69) is 111 Å². The van der Waals surface area contributed by atoms with E-state index in [9.17, 15) is 14.7 Å². The van der Waals surface area contributed by atoms with Crippen LogP contribution < -0.4 is 16.4 Å². The molecule has 107 heavy (non-hydrogen) atoms. The third-order valence-electron chi connectivity index (χ3n) is 20.9. The lowest BCUT2D eigenvalue weighted by Gasteiger charge is -2.36. The number of aliphatic hydroxyl groups excluding tert-OH is 1. The fourth-order valence-electron chi connectivity index (χ4n) is 15.7. The van der Waals surface area contributed by atoms with Gasteiger partial charge in [0.25, 0.3) is 0 Å². The Morgan fingerprint density at radius 3 is 1.25 bits per heavy atom. The van der Waals surface area contributed by atoms with Crippen LogP contribution in [0.1, 0.15) is 200 Å². The lowest BCUT2D eigenvalue weighted by Crippen LogP contribution is -2.33. The van der Waals surface area contributed by atoms with E-state index in [-0.39, 0.29) is 48.7 Å². The van der Waals surface area contributed by atoms with Gasteiger partial charge in [-0.25, -0.2) is 4.85 Å². The van der Waals surface area contributed by atoms with Crippen LogP contribution in [0.5, 0.6) is 0 Å². The summed E-state index contributed by atoms with van der Waals surface area (Å²) in [7, 11) is 5.88. The molecule has 0 fully saturated rings. The molecule has 0 aromatic heterocycles. The van der Waals surface area contributed by atoms with Crippen LogP contribution in [0, 0.1) is 10.1 Å². The Morgan fingerprint density at radius 1 is 0.458 bits per heavy atom. The highest BCUT2D eigenvalue weighted by Crippen LogP contribution is 2.48. The van der Waals surface area contributed by atoms with Gasteiger partial charge in [0.05, 0.1) is 63.3 Å². The maximum Gasteiger partial charge on any atom is 0.317 e. The van der Waals surface area contributed by atoms with Crippen LogP contribution in [-0.4, -0.2) is 60.7 Å². The Hall–Kier alpha value is -5.45. The van der Waals surface area contributed by atoms with Crippen molar-refractivity contribution in [3.8, 4) is 0 Å². The highest BCUT2D eigenvalue weighted by atomic mass is 127. The molecule has 15 rings (SSSR count). The zero-order chi connectivity index (χ0) is 75.6. The number of carbonyl (C=O) groups excluding carboxylic acids is 1. The molecular weight excluding hydrogens is 1680 g/mol. The number of carboxylic acid groups (broad SMARTS) is 1. The molecule has 0 amide bonds. The van der Waals surface area contributed by atoms with Crippen molar-refractivity contribution in [2.45, 2.75) is 118 Å². The number of nitrogens with zero attached hydrogens (tertiary/aromatic N) is 2. The quantitative estimate of drug-likeness (QED) is 0.0676. The SMILES string of the molecule is CN(CC(=O)O)[C@H]1CC[C@@H](c2ccc(Cl)c(Cl)c2)c2ccccc21.CN[C@H]1CC[C@@H](c2ccc(Cl)c(Cl)c2)c2ccc(I)cc21.Cl.N[C@H]1CC[C@@H](c2ccc(Cl)c(Cl)c2)c2ccccc21.O=C1c2ccccc2[C@H](c2ccc(Cl)c(Cl)c2)C[C@H]1O.[C-]#[N+]c1ccc2c(c1)[C@@H](NC)CC[C@H]2c1ccc(Cl)c(Cl)c1. The number of fused-ring (bicyclic) bond motifs is 5. The van der Waals surface area contributed by atoms with E-state index >= 15 is 0 Å². The average Bonchev–Trinajstić information content (AvgIpc) is 0.804. The van der Waals surface area contributed by atoms with Crippen molar-refractivity contribution in [3.63, 3.8) is 0 Å². The van der Waals surface area contributed by atoms with Gasteiger partial charge in [-0.2, -0.15) is 0 Å². The highest BCUT2D eigenvalue weighted by molar-refractivity contribution is 14.1. The first-order valence-corrected chi connectivity index (χ1v) is 39.9. The first-order valence-electron chi connectivity index (χ1n) is 35.0. The number of benzene rings is 10. The first kappa shape index (κ1) is 84.0. The molecule has 556 valence electrons. The molecule has 10 aromatic carbocycles. The van der Waals surface area contributed by atoms with Crippen LogP contribution in [0.25, 0.3) is 4.85 Å². The molecule has 0 radical (unpaired) electrons. The molecule has 9 nitrogen and oxygen atoms in total. The summed E-state index contributed by atoms with van der Waals surface area (Å²) in [4.78, 5) is 28.5. The minimum atomic E-state index is -0.968. The second kappa shape index (κ2) is 38.7. The normalized spacial score (nSPS) is 20.8. The molecule has 10 atom stereocenters. The third kappa shape index (κ3) is 20.1. The molecule has 0 aliphatic heterocycles. The number of halogens is 12. The third-order valence-corrected chi connectivity index (χ3v) is 25.3. The van der Waals surface area contributed by atoms with Crippen molar-refractivity contribution in [2.24, 2.45) is 5.73 Å². The predicted molar refractivity (Wildman–Crippen MR) is 455 cm³/mol. The van der Waals surface area contributed by atoms with Gasteiger partial charge in [-0.3, -0.25) is 14.5 Å². The fraction of sp³-hybridized carbons (Fsp3) is 0.267. The maximum atomic E-state index is 12.0. The lowest BCUT2D eigenvalue weighted by molar-refractivity contribution is -0.138. The maximum absolute atomic E-state index is 12.0. The Labute approximate surface area is 697 Å². The molecule has 5 aliphatic rings. The number of hydrogen-bond acceptors (Lipinski definition) is 7. The van der Waals surface area contributed by atoms with Crippen molar-refractivity contribution in [2.75, 3.05) is 27.7 Å². The monoisotopic (exact) mass is 1760 g/mol. The van der Waals surface area contributed by atoms with Crippen LogP contribution >= 0.6 is 151 Å². The average molecular weight is 1760 g/mol. The van der Waals surface area contributed by atoms with E-state index in [1.165, 1.54) is 64.8 Å². The minimum absolute atomic E-state index is 0. The molecule has 0 heterocycles. The van der Waals surface area contributed by atoms with Gasteiger partial charge < -0.3 is 26.6 Å². The van der Waals surface area contributed by atoms with Gasteiger partial charge in [-0.05, 0) is 252 Å². The van der Waals surface area contributed by atoms with Crippen molar-refractivity contribution in [1.29, 1.82) is 0 Å². The molecule has 0 saturated carbocycles. The number of carbonyl (C=O) groups is 2. The standard InChI is InChI=1S/C19H19Cl2NO2.C18H16Cl2N2.C17H16Cl2IN.C16H15Cl2N.C16H12Cl2O2.ClH/c1-22(11-19(23)24)18-9-7-13(14-4-2-3-5-15(14)18)12-6-8-16(20)17(21)10-12;1-21-12-4-5-14-13(6-8-18(22-2)15(14)10-12)11-3-7-16(19)17(20)9-11;1-21-17-7-5-12(10-2-6-15(18)16(19)8-10)13-4-3-11(20)9-14(13)17;17-14-7-5-10(9-15(14)18)11-6-8-16(19)13-4-2-1-3-12(11)13;17-13-6-5-9(7-14(13)18)12-8-15(19)16(20)11-4-2-1-3-10(11)12;/h2-6,8,10,13,18H,7,9,11H2,1H3,(H,23,24);3-5,7,9-10,13,18,22H,6,8H2,2H3;2-4,6,8-9,12,17,21H,5,7H2,1H3;1-5,7,9,11,16H,6,8,19H2;1-7,12,15,19H,8H2;1H/t2*13-,18-;12-,17-;11-,16-;12-,15+;/m00000./s1. The van der Waals surface area contributed by atoms with Gasteiger partial charge in [-0.15, -0.1) is 12.4 Å². The number of Topliss-reactive ketones (excluding diaryl/α,β-unsaturated/α-hetero) is 1. The van der Waals surface area contributed by atoms with Crippen LogP contribution in [0.3, 0.4) is 0 Å². The van der Waals surface area contributed by atoms with E-state index in [4.69, 9.17) is 133 Å². The smallest absolute Gasteiger partial charge is 0.317 e. The Morgan fingerprint density at radius 2 is 0.822 bits per heavy atom. The van der Waals surface area contributed by atoms with Crippen LogP contribution in [0.15, 0.2) is 200 Å². The van der Waals surface area contributed by atoms with Gasteiger partial charge in [0, 0.05) is 62.9 Å². The fourth-order valence-corrected chi connectivity index (χ4v) is 17.7. The Balaban J connectivity index is 0.000000143. The lowest BCUT2D eigenvalue weighted by atomic mass is 9.76. The summed E-state index contributed by atoms with van der Waals surface area (Å²) in [6.45, 7) is 7.26. The summed E-state index contributed by atoms with van der Waals surface area (Å²) in [5.41, 5.74) is 24.5. The molecular formula is C86H79Cl11IN5O4. The number of aliphatic hydroxyl groups is 1. The number of aliphatic carboxylic acids is 1. The minimum Gasteiger partial charge on any atom is -0.480 e. The van der Waals surface area contributed by atoms with Crippen molar-refractivity contribution >= 4 is 168 Å². The van der Waals surface area contributed by atoms with E-state index in [0.717, 1.165) is 68.1 Å². The van der Waals surface area contributed by atoms with Gasteiger partial charge >= 0.3 is 5.97 Å². The van der Waals surface area contributed by atoms with E-state index in [0.29, 0.717) is 97.7 Å². The topological polar surface area (TPSA) is 132 Å². The van der Waals surface area contributed by atoms with Gasteiger partial charge in [0.15, 0.2) is 11.5 Å². The molecule has 0 saturated heterocycles. The van der Waals surface area contributed by atoms with Crippen LogP contribution in [-0.2, 0) is 4.79 Å². The Kier molecular flexibility index (Phi) is 30.4. The number of likely N-dealkylation sites (N-methyl/N-ethyl adjacent to an activating group) is 1. The van der Waals surface area contributed by atoms with E-state index in [1.54, 1.807) is 24.3 Å². The number of rotatable bonds is 10. The zero-order valence-electron chi connectivity index (χ0n) is 58.6. The molecule has 5 aliphatic carbocycles. The summed E-state index contributed by atoms with van der Waals surface area (Å²) >= 11 is 63.2. The number of hydrogen-bond donors (Lipinski definition) is 5. The largest absolute Gasteiger partial charge is 0.480 e. The molecule has 6 N–H and O–H groups in total. The summed E-state index contributed by atoms with van der Waals surface area (Å²) < 4.78 is 1.28. The summed E-state index contributed by atoms with van der Waals surface area (Å²) in [6, 6.07) is 66.8. The second-order valence-corrected chi connectivity index (χ2v) is 32.5. The first-order chi connectivity index (χ1) is 50.9. The molecule has 10 aromatic rings. The number of ketones is 1. The van der Waals surface area contributed by atoms with Crippen LogP contribution in [0.2, 0.25) is 50.2 Å². The van der Waals surface area contributed by atoms with Crippen molar-refractivity contribution < 1.29 is 19.8 Å². The molecule has 0 bridgehead atoms. The predicted octanol–water partition coefficient (Wildman–Crippen LogP) is 25.9. The van der Waals surface area contributed by atoms with Crippen molar-refractivity contribution in [3.05, 3.63) is 349 Å². The van der Waals surface area contributed by atoms with Crippen LogP contribution in [0.4, 0.5) is 5.69 Å². The summed E-state index contributed by atoms with van der Waals surface area (Å²) in [5, 5.41) is 31.6. The highest BCUT2D eigenvalue weighted by Gasteiger charge is 2.36. The zero-order valence-corrected chi connectivity index (χ0v) is 69.2. The van der Waals surface area contributed by atoms with E-state index < -0.39 is 12.1 Å². The number of carboxylic acids is 1. The van der Waals surface area contributed by atoms with Gasteiger partial charge in [0.1, 0.15) is 6.10 Å². The number of nitrogens with two attached hydrogens (primary N) is 1. The second-order valence-electron chi connectivity index (χ2n) is 27.2. The van der Waals surface area contributed by atoms with Gasteiger partial charge in [-0.1, -0.05) is 243 Å². The summed E-state index contributed by atoms with van der Waals surface area (Å²) in [6.07, 6.45) is 7.65. The van der Waals surface area contributed by atoms with Gasteiger partial charge in [0.2, 0.25) is 0 Å².